The lowest BCUT2D eigenvalue weighted by Crippen LogP contribution is -2.32. The van der Waals surface area contributed by atoms with E-state index in [0.29, 0.717) is 12.2 Å². The van der Waals surface area contributed by atoms with Crippen molar-refractivity contribution in [3.8, 4) is 5.75 Å². The predicted octanol–water partition coefficient (Wildman–Crippen LogP) is 3.70. The highest BCUT2D eigenvalue weighted by Gasteiger charge is 2.22. The van der Waals surface area contributed by atoms with Gasteiger partial charge in [-0.25, -0.2) is 0 Å². The monoisotopic (exact) mass is 314 g/mol. The molecule has 2 aromatic carbocycles. The molecule has 0 aliphatic rings. The number of anilines is 1. The number of hydrogen-bond acceptors (Lipinski definition) is 4. The van der Waals surface area contributed by atoms with Gasteiger partial charge in [0.05, 0.1) is 4.92 Å². The van der Waals surface area contributed by atoms with E-state index in [-0.39, 0.29) is 11.4 Å². The molecule has 1 atom stereocenters. The zero-order valence-electron chi connectivity index (χ0n) is 13.0. The van der Waals surface area contributed by atoms with Crippen LogP contribution in [0.25, 0.3) is 0 Å². The number of carbonyl (C=O) groups is 1. The minimum absolute atomic E-state index is 0.132. The number of para-hydroxylation sites is 1. The molecule has 0 saturated heterocycles. The van der Waals surface area contributed by atoms with Crippen LogP contribution in [0.5, 0.6) is 5.75 Å². The van der Waals surface area contributed by atoms with Gasteiger partial charge in [-0.2, -0.15) is 0 Å². The minimum atomic E-state index is -0.724. The fourth-order valence-electron chi connectivity index (χ4n) is 2.10. The third-order valence-corrected chi connectivity index (χ3v) is 3.29. The molecule has 0 radical (unpaired) electrons. The largest absolute Gasteiger partial charge is 0.481 e. The van der Waals surface area contributed by atoms with Crippen LogP contribution in [0.4, 0.5) is 11.4 Å². The number of nitro groups is 1. The zero-order valence-corrected chi connectivity index (χ0v) is 13.0. The number of rotatable bonds is 6. The summed E-state index contributed by atoms with van der Waals surface area (Å²) in [5.74, 6) is 0.163. The molecule has 0 bridgehead atoms. The Labute approximate surface area is 134 Å². The Hall–Kier alpha value is -2.89. The van der Waals surface area contributed by atoms with E-state index < -0.39 is 16.9 Å². The van der Waals surface area contributed by atoms with Gasteiger partial charge < -0.3 is 10.1 Å². The van der Waals surface area contributed by atoms with Crippen molar-refractivity contribution in [2.45, 2.75) is 26.4 Å². The first kappa shape index (κ1) is 16.5. The topological polar surface area (TPSA) is 81.5 Å². The molecular formula is C17H18N2O4. The molecule has 0 fully saturated rings. The van der Waals surface area contributed by atoms with Crippen LogP contribution in [-0.2, 0) is 4.79 Å². The molecule has 23 heavy (non-hydrogen) atoms. The lowest BCUT2D eigenvalue weighted by atomic mass is 10.2. The first-order chi connectivity index (χ1) is 11.0. The molecule has 2 rings (SSSR count). The highest BCUT2D eigenvalue weighted by atomic mass is 16.6. The normalized spacial score (nSPS) is 11.6. The van der Waals surface area contributed by atoms with Crippen molar-refractivity contribution >= 4 is 17.3 Å². The van der Waals surface area contributed by atoms with E-state index in [1.54, 1.807) is 25.1 Å². The van der Waals surface area contributed by atoms with Gasteiger partial charge in [0.2, 0.25) is 0 Å². The summed E-state index contributed by atoms with van der Waals surface area (Å²) in [5.41, 5.74) is 0.788. The van der Waals surface area contributed by atoms with Crippen LogP contribution in [0.2, 0.25) is 0 Å². The van der Waals surface area contributed by atoms with Crippen molar-refractivity contribution in [1.29, 1.82) is 0 Å². The van der Waals surface area contributed by atoms with Gasteiger partial charge in [0.15, 0.2) is 6.10 Å². The summed E-state index contributed by atoms with van der Waals surface area (Å²) in [7, 11) is 0. The standard InChI is InChI=1S/C17H18N2O4/c1-3-16(23-13-7-5-4-6-8-13)17(20)18-14-10-9-12(2)11-15(14)19(21)22/h4-11,16H,3H2,1-2H3,(H,18,20). The second-order valence-corrected chi connectivity index (χ2v) is 5.09. The van der Waals surface area contributed by atoms with Gasteiger partial charge >= 0.3 is 0 Å². The minimum Gasteiger partial charge on any atom is -0.481 e. The third-order valence-electron chi connectivity index (χ3n) is 3.29. The van der Waals surface area contributed by atoms with Crippen LogP contribution >= 0.6 is 0 Å². The molecule has 0 aliphatic carbocycles. The van der Waals surface area contributed by atoms with Gasteiger partial charge in [0, 0.05) is 6.07 Å². The van der Waals surface area contributed by atoms with Gasteiger partial charge in [-0.3, -0.25) is 14.9 Å². The summed E-state index contributed by atoms with van der Waals surface area (Å²) in [6.07, 6.45) is -0.279. The number of nitrogens with zero attached hydrogens (tertiary/aromatic N) is 1. The van der Waals surface area contributed by atoms with Crippen molar-refractivity contribution in [1.82, 2.24) is 0 Å². The van der Waals surface area contributed by atoms with E-state index in [1.165, 1.54) is 12.1 Å². The Kier molecular flexibility index (Phi) is 5.30. The van der Waals surface area contributed by atoms with Gasteiger partial charge in [-0.1, -0.05) is 31.2 Å². The van der Waals surface area contributed by atoms with Gasteiger partial charge in [-0.05, 0) is 37.1 Å². The predicted molar refractivity (Wildman–Crippen MR) is 87.6 cm³/mol. The molecule has 6 nitrogen and oxygen atoms in total. The van der Waals surface area contributed by atoms with Crippen LogP contribution < -0.4 is 10.1 Å². The van der Waals surface area contributed by atoms with Crippen LogP contribution in [0.15, 0.2) is 48.5 Å². The Bertz CT molecular complexity index is 701. The zero-order chi connectivity index (χ0) is 16.8. The van der Waals surface area contributed by atoms with E-state index in [2.05, 4.69) is 5.32 Å². The summed E-state index contributed by atoms with van der Waals surface area (Å²) in [5, 5.41) is 13.7. The Morgan fingerprint density at radius 3 is 2.57 bits per heavy atom. The maximum Gasteiger partial charge on any atom is 0.293 e. The molecule has 120 valence electrons. The molecule has 0 aromatic heterocycles. The molecule has 1 N–H and O–H groups in total. The average Bonchev–Trinajstić information content (AvgIpc) is 2.55. The van der Waals surface area contributed by atoms with E-state index >= 15 is 0 Å². The number of aryl methyl sites for hydroxylation is 1. The van der Waals surface area contributed by atoms with Crippen LogP contribution in [-0.4, -0.2) is 16.9 Å². The fraction of sp³-hybridized carbons (Fsp3) is 0.235. The molecule has 1 unspecified atom stereocenters. The maximum atomic E-state index is 12.3. The summed E-state index contributed by atoms with van der Waals surface area (Å²) in [6.45, 7) is 3.57. The number of hydrogen-bond donors (Lipinski definition) is 1. The fourth-order valence-corrected chi connectivity index (χ4v) is 2.10. The Morgan fingerprint density at radius 2 is 1.96 bits per heavy atom. The molecule has 1 amide bonds. The van der Waals surface area contributed by atoms with Crippen molar-refractivity contribution in [3.63, 3.8) is 0 Å². The summed E-state index contributed by atoms with van der Waals surface area (Å²) >= 11 is 0. The summed E-state index contributed by atoms with van der Waals surface area (Å²) in [4.78, 5) is 22.9. The van der Waals surface area contributed by atoms with Crippen LogP contribution in [0.1, 0.15) is 18.9 Å². The lowest BCUT2D eigenvalue weighted by Gasteiger charge is -2.17. The maximum absolute atomic E-state index is 12.3. The number of nitrogens with one attached hydrogen (secondary N) is 1. The average molecular weight is 314 g/mol. The number of ether oxygens (including phenoxy) is 1. The first-order valence-corrected chi connectivity index (χ1v) is 7.29. The van der Waals surface area contributed by atoms with Gasteiger partial charge in [0.1, 0.15) is 11.4 Å². The number of carbonyl (C=O) groups excluding carboxylic acids is 1. The molecule has 2 aromatic rings. The smallest absolute Gasteiger partial charge is 0.293 e. The third kappa shape index (κ3) is 4.29. The van der Waals surface area contributed by atoms with Crippen LogP contribution in [0, 0.1) is 17.0 Å². The molecule has 6 heteroatoms. The van der Waals surface area contributed by atoms with Gasteiger partial charge in [-0.15, -0.1) is 0 Å². The molecule has 0 spiro atoms. The van der Waals surface area contributed by atoms with E-state index in [4.69, 9.17) is 4.74 Å². The van der Waals surface area contributed by atoms with Crippen molar-refractivity contribution in [2.75, 3.05) is 5.32 Å². The highest BCUT2D eigenvalue weighted by molar-refractivity contribution is 5.96. The van der Waals surface area contributed by atoms with E-state index in [0.717, 1.165) is 5.56 Å². The van der Waals surface area contributed by atoms with Crippen molar-refractivity contribution in [2.24, 2.45) is 0 Å². The lowest BCUT2D eigenvalue weighted by molar-refractivity contribution is -0.384. The SMILES string of the molecule is CCC(Oc1ccccc1)C(=O)Nc1ccc(C)cc1[N+](=O)[O-]. The second-order valence-electron chi connectivity index (χ2n) is 5.09. The van der Waals surface area contributed by atoms with Crippen molar-refractivity contribution < 1.29 is 14.5 Å². The Morgan fingerprint density at radius 1 is 1.26 bits per heavy atom. The summed E-state index contributed by atoms with van der Waals surface area (Å²) < 4.78 is 5.64. The molecule has 0 heterocycles. The number of nitro benzene ring substituents is 1. The molecule has 0 aliphatic heterocycles. The van der Waals surface area contributed by atoms with Gasteiger partial charge in [0.25, 0.3) is 11.6 Å². The van der Waals surface area contributed by atoms with Crippen LogP contribution in [0.3, 0.4) is 0 Å². The van der Waals surface area contributed by atoms with Crippen molar-refractivity contribution in [3.05, 3.63) is 64.2 Å². The molecule has 0 saturated carbocycles. The first-order valence-electron chi connectivity index (χ1n) is 7.29. The van der Waals surface area contributed by atoms with E-state index in [1.807, 2.05) is 25.1 Å². The second kappa shape index (κ2) is 7.40. The van der Waals surface area contributed by atoms with E-state index in [9.17, 15) is 14.9 Å². The summed E-state index contributed by atoms with van der Waals surface area (Å²) in [6, 6.07) is 13.6. The Balaban J connectivity index is 2.15. The molecular weight excluding hydrogens is 296 g/mol. The quantitative estimate of drug-likeness (QED) is 0.651. The number of benzene rings is 2. The number of amides is 1. The highest BCUT2D eigenvalue weighted by Crippen LogP contribution is 2.26.